The van der Waals surface area contributed by atoms with Crippen LogP contribution in [0.15, 0.2) is 81.2 Å². The molecule has 3 nitrogen and oxygen atoms in total. The summed E-state index contributed by atoms with van der Waals surface area (Å²) >= 11 is 7.07. The van der Waals surface area contributed by atoms with Crippen LogP contribution in [-0.4, -0.2) is 5.91 Å². The van der Waals surface area contributed by atoms with Crippen LogP contribution in [-0.2, 0) is 11.2 Å². The van der Waals surface area contributed by atoms with Gasteiger partial charge in [0.05, 0.1) is 0 Å². The Bertz CT molecular complexity index is 1130. The lowest BCUT2D eigenvalue weighted by atomic mass is 9.98. The van der Waals surface area contributed by atoms with E-state index in [0.29, 0.717) is 12.1 Å². The van der Waals surface area contributed by atoms with E-state index in [-0.39, 0.29) is 5.57 Å². The highest BCUT2D eigenvalue weighted by molar-refractivity contribution is 9.10. The molecule has 3 rings (SSSR count). The van der Waals surface area contributed by atoms with Crippen molar-refractivity contribution < 1.29 is 4.79 Å². The van der Waals surface area contributed by atoms with E-state index in [1.807, 2.05) is 73.7 Å². The fourth-order valence-electron chi connectivity index (χ4n) is 2.91. The average Bonchev–Trinajstić information content (AvgIpc) is 2.71. The van der Waals surface area contributed by atoms with Gasteiger partial charge in [0, 0.05) is 14.6 Å². The van der Waals surface area contributed by atoms with E-state index in [9.17, 15) is 10.1 Å². The zero-order valence-corrected chi connectivity index (χ0v) is 18.9. The molecule has 0 bridgehead atoms. The number of nitrogens with zero attached hydrogens (tertiary/aromatic N) is 1. The maximum absolute atomic E-state index is 12.7. The molecule has 0 radical (unpaired) electrons. The van der Waals surface area contributed by atoms with Gasteiger partial charge in [0.1, 0.15) is 11.6 Å². The molecule has 0 spiro atoms. The van der Waals surface area contributed by atoms with Gasteiger partial charge in [-0.3, -0.25) is 4.79 Å². The number of nitriles is 1. The maximum atomic E-state index is 12.7. The van der Waals surface area contributed by atoms with Crippen molar-refractivity contribution in [2.24, 2.45) is 0 Å². The lowest BCUT2D eigenvalue weighted by molar-refractivity contribution is -0.112. The van der Waals surface area contributed by atoms with E-state index < -0.39 is 5.91 Å². The van der Waals surface area contributed by atoms with Crippen molar-refractivity contribution in [1.82, 2.24) is 0 Å². The molecule has 0 unspecified atom stereocenters. The van der Waals surface area contributed by atoms with Gasteiger partial charge in [-0.25, -0.2) is 0 Å². The smallest absolute Gasteiger partial charge is 0.266 e. The molecule has 0 saturated heterocycles. The Morgan fingerprint density at radius 1 is 1.03 bits per heavy atom. The van der Waals surface area contributed by atoms with Crippen molar-refractivity contribution in [2.75, 3.05) is 5.32 Å². The van der Waals surface area contributed by atoms with Crippen molar-refractivity contribution in [3.05, 3.63) is 104 Å². The zero-order valence-electron chi connectivity index (χ0n) is 15.7. The van der Waals surface area contributed by atoms with Gasteiger partial charge in [0.25, 0.3) is 5.91 Å². The van der Waals surface area contributed by atoms with Crippen LogP contribution < -0.4 is 5.32 Å². The molecular weight excluding hydrogens is 492 g/mol. The lowest BCUT2D eigenvalue weighted by Crippen LogP contribution is -2.14. The molecule has 0 aliphatic carbocycles. The number of para-hydroxylation sites is 1. The monoisotopic (exact) mass is 508 g/mol. The number of nitrogens with one attached hydrogen (secondary N) is 1. The number of carbonyl (C=O) groups is 1. The number of halogens is 2. The first-order valence-corrected chi connectivity index (χ1v) is 10.6. The third kappa shape index (κ3) is 5.44. The number of amides is 1. The number of hydrogen-bond acceptors (Lipinski definition) is 2. The topological polar surface area (TPSA) is 52.9 Å². The summed E-state index contributed by atoms with van der Waals surface area (Å²) in [5.41, 5.74) is 4.67. The van der Waals surface area contributed by atoms with Gasteiger partial charge >= 0.3 is 0 Å². The summed E-state index contributed by atoms with van der Waals surface area (Å²) in [7, 11) is 0. The van der Waals surface area contributed by atoms with Crippen LogP contribution in [0.1, 0.15) is 22.3 Å². The van der Waals surface area contributed by atoms with Gasteiger partial charge in [-0.05, 0) is 65.9 Å². The van der Waals surface area contributed by atoms with Gasteiger partial charge in [-0.15, -0.1) is 0 Å². The van der Waals surface area contributed by atoms with Crippen LogP contribution >= 0.6 is 31.9 Å². The molecule has 29 heavy (non-hydrogen) atoms. The Morgan fingerprint density at radius 2 is 1.76 bits per heavy atom. The zero-order chi connectivity index (χ0) is 20.8. The Kier molecular flexibility index (Phi) is 7.03. The summed E-state index contributed by atoms with van der Waals surface area (Å²) in [5.74, 6) is -0.423. The first kappa shape index (κ1) is 21.0. The number of benzene rings is 3. The number of rotatable bonds is 5. The average molecular weight is 510 g/mol. The van der Waals surface area contributed by atoms with E-state index in [2.05, 4.69) is 43.2 Å². The molecule has 5 heteroatoms. The van der Waals surface area contributed by atoms with E-state index in [0.717, 1.165) is 31.2 Å². The minimum absolute atomic E-state index is 0.0553. The normalized spacial score (nSPS) is 11.0. The fraction of sp³-hybridized carbons (Fsp3) is 0.0833. The highest BCUT2D eigenvalue weighted by atomic mass is 79.9. The number of hydrogen-bond donors (Lipinski definition) is 1. The second-order valence-electron chi connectivity index (χ2n) is 6.55. The van der Waals surface area contributed by atoms with E-state index >= 15 is 0 Å². The quantitative estimate of drug-likeness (QED) is 0.309. The van der Waals surface area contributed by atoms with Crippen LogP contribution in [0.5, 0.6) is 0 Å². The summed E-state index contributed by atoms with van der Waals surface area (Å²) in [6.07, 6.45) is 2.32. The first-order valence-electron chi connectivity index (χ1n) is 8.98. The van der Waals surface area contributed by atoms with Crippen LogP contribution in [0.3, 0.4) is 0 Å². The summed E-state index contributed by atoms with van der Waals surface area (Å²) < 4.78 is 1.91. The van der Waals surface area contributed by atoms with Gasteiger partial charge < -0.3 is 5.32 Å². The van der Waals surface area contributed by atoms with Crippen LogP contribution in [0.25, 0.3) is 6.08 Å². The number of carbonyl (C=O) groups excluding carboxylic acids is 1. The Hall–Kier alpha value is -2.68. The molecule has 0 heterocycles. The molecule has 0 aliphatic heterocycles. The van der Waals surface area contributed by atoms with E-state index in [1.54, 1.807) is 6.08 Å². The highest BCUT2D eigenvalue weighted by Gasteiger charge is 2.13. The predicted molar refractivity (Wildman–Crippen MR) is 124 cm³/mol. The van der Waals surface area contributed by atoms with E-state index in [4.69, 9.17) is 0 Å². The summed E-state index contributed by atoms with van der Waals surface area (Å²) in [6.45, 7) is 1.91. The van der Waals surface area contributed by atoms with Crippen LogP contribution in [0, 0.1) is 18.3 Å². The molecule has 3 aromatic rings. The standard InChI is InChI=1S/C24H18Br2N2O/c1-16-6-2-5-9-23(16)28-24(29)20(15-27)13-19-14-21(25)11-10-17(19)12-18-7-3-4-8-22(18)26/h2-11,13-14H,12H2,1H3,(H,28,29)/b20-13+. The predicted octanol–water partition coefficient (Wildman–Crippen LogP) is 6.66. The summed E-state index contributed by atoms with van der Waals surface area (Å²) in [6, 6.07) is 23.4. The SMILES string of the molecule is Cc1ccccc1NC(=O)/C(C#N)=C/c1cc(Br)ccc1Cc1ccccc1Br. The minimum atomic E-state index is -0.423. The van der Waals surface area contributed by atoms with Gasteiger partial charge in [0.2, 0.25) is 0 Å². The molecule has 0 atom stereocenters. The second kappa shape index (κ2) is 9.69. The molecule has 0 aromatic heterocycles. The van der Waals surface area contributed by atoms with Gasteiger partial charge in [-0.1, -0.05) is 74.3 Å². The molecule has 1 N–H and O–H groups in total. The molecule has 0 aliphatic rings. The number of anilines is 1. The highest BCUT2D eigenvalue weighted by Crippen LogP contribution is 2.25. The molecular formula is C24H18Br2N2O. The molecule has 0 saturated carbocycles. The van der Waals surface area contributed by atoms with Crippen molar-refractivity contribution >= 4 is 49.5 Å². The third-order valence-electron chi connectivity index (χ3n) is 4.50. The lowest BCUT2D eigenvalue weighted by Gasteiger charge is -2.10. The van der Waals surface area contributed by atoms with E-state index in [1.165, 1.54) is 0 Å². The van der Waals surface area contributed by atoms with Crippen molar-refractivity contribution in [2.45, 2.75) is 13.3 Å². The first-order chi connectivity index (χ1) is 14.0. The van der Waals surface area contributed by atoms with Crippen molar-refractivity contribution in [3.63, 3.8) is 0 Å². The minimum Gasteiger partial charge on any atom is -0.321 e. The fourth-order valence-corrected chi connectivity index (χ4v) is 3.72. The molecule has 0 fully saturated rings. The Balaban J connectivity index is 1.94. The van der Waals surface area contributed by atoms with Gasteiger partial charge in [0.15, 0.2) is 0 Å². The van der Waals surface area contributed by atoms with Crippen molar-refractivity contribution in [1.29, 1.82) is 5.26 Å². The van der Waals surface area contributed by atoms with Crippen LogP contribution in [0.2, 0.25) is 0 Å². The second-order valence-corrected chi connectivity index (χ2v) is 8.32. The van der Waals surface area contributed by atoms with Gasteiger partial charge in [-0.2, -0.15) is 5.26 Å². The van der Waals surface area contributed by atoms with Crippen LogP contribution in [0.4, 0.5) is 5.69 Å². The summed E-state index contributed by atoms with van der Waals surface area (Å²) in [4.78, 5) is 12.7. The van der Waals surface area contributed by atoms with Crippen molar-refractivity contribution in [3.8, 4) is 6.07 Å². The Morgan fingerprint density at radius 3 is 2.48 bits per heavy atom. The molecule has 144 valence electrons. The largest absolute Gasteiger partial charge is 0.321 e. The Labute approximate surface area is 187 Å². The molecule has 1 amide bonds. The maximum Gasteiger partial charge on any atom is 0.266 e. The third-order valence-corrected chi connectivity index (χ3v) is 5.77. The molecule has 3 aromatic carbocycles. The number of aryl methyl sites for hydroxylation is 1. The summed E-state index contributed by atoms with van der Waals surface area (Å²) in [5, 5.41) is 12.4.